The van der Waals surface area contributed by atoms with Gasteiger partial charge in [-0.3, -0.25) is 9.48 Å². The Morgan fingerprint density at radius 3 is 2.53 bits per heavy atom. The maximum absolute atomic E-state index is 13.5. The number of rotatable bonds is 2. The molecule has 1 heterocycles. The highest BCUT2D eigenvalue weighted by molar-refractivity contribution is 6.05. The van der Waals surface area contributed by atoms with Gasteiger partial charge in [-0.05, 0) is 26.0 Å². The van der Waals surface area contributed by atoms with Crippen LogP contribution in [0.3, 0.4) is 0 Å². The third-order valence-corrected chi connectivity index (χ3v) is 2.92. The van der Waals surface area contributed by atoms with Crippen molar-refractivity contribution in [3.63, 3.8) is 0 Å². The van der Waals surface area contributed by atoms with E-state index in [-0.39, 0.29) is 5.56 Å². The molecule has 0 unspecified atom stereocenters. The van der Waals surface area contributed by atoms with E-state index < -0.39 is 17.5 Å². The molecular weight excluding hydrogens is 252 g/mol. The van der Waals surface area contributed by atoms with E-state index in [1.807, 2.05) is 0 Å². The summed E-state index contributed by atoms with van der Waals surface area (Å²) in [6.07, 6.45) is 0. The van der Waals surface area contributed by atoms with E-state index in [0.717, 1.165) is 17.8 Å². The van der Waals surface area contributed by atoms with Gasteiger partial charge in [-0.2, -0.15) is 5.10 Å². The van der Waals surface area contributed by atoms with Crippen LogP contribution < -0.4 is 5.32 Å². The Bertz CT molecular complexity index is 650. The van der Waals surface area contributed by atoms with Gasteiger partial charge < -0.3 is 5.32 Å². The van der Waals surface area contributed by atoms with Gasteiger partial charge in [0.1, 0.15) is 11.6 Å². The molecule has 0 fully saturated rings. The van der Waals surface area contributed by atoms with E-state index in [0.29, 0.717) is 17.4 Å². The van der Waals surface area contributed by atoms with Crippen molar-refractivity contribution in [2.75, 3.05) is 5.32 Å². The first kappa shape index (κ1) is 13.2. The Morgan fingerprint density at radius 2 is 2.00 bits per heavy atom. The van der Waals surface area contributed by atoms with Crippen molar-refractivity contribution in [1.29, 1.82) is 0 Å². The molecule has 1 amide bonds. The second-order valence-electron chi connectivity index (χ2n) is 4.25. The van der Waals surface area contributed by atoms with Crippen molar-refractivity contribution >= 4 is 11.6 Å². The lowest BCUT2D eigenvalue weighted by molar-refractivity contribution is 0.102. The van der Waals surface area contributed by atoms with E-state index in [9.17, 15) is 13.6 Å². The second-order valence-corrected chi connectivity index (χ2v) is 4.25. The van der Waals surface area contributed by atoms with Crippen LogP contribution in [0.25, 0.3) is 0 Å². The van der Waals surface area contributed by atoms with Gasteiger partial charge in [-0.15, -0.1) is 0 Å². The van der Waals surface area contributed by atoms with Crippen LogP contribution in [0.2, 0.25) is 0 Å². The first-order valence-electron chi connectivity index (χ1n) is 5.66. The lowest BCUT2D eigenvalue weighted by Crippen LogP contribution is -2.15. The molecule has 6 heteroatoms. The molecule has 0 radical (unpaired) electrons. The van der Waals surface area contributed by atoms with E-state index in [2.05, 4.69) is 10.4 Å². The molecule has 0 saturated heterocycles. The van der Waals surface area contributed by atoms with E-state index in [1.165, 1.54) is 0 Å². The summed E-state index contributed by atoms with van der Waals surface area (Å²) < 4.78 is 27.9. The van der Waals surface area contributed by atoms with Gasteiger partial charge >= 0.3 is 0 Å². The van der Waals surface area contributed by atoms with Crippen molar-refractivity contribution < 1.29 is 13.6 Å². The molecule has 1 N–H and O–H groups in total. The highest BCUT2D eigenvalue weighted by Gasteiger charge is 2.16. The van der Waals surface area contributed by atoms with Crippen LogP contribution in [0.1, 0.15) is 21.7 Å². The molecule has 0 spiro atoms. The minimum atomic E-state index is -0.892. The standard InChI is InChI=1S/C13H13F2N3O/c1-7-12(8(2)18(3)17-7)16-13(19)10-5-4-9(14)6-11(10)15/h4-6H,1-3H3,(H,16,19). The highest BCUT2D eigenvalue weighted by atomic mass is 19.1. The summed E-state index contributed by atoms with van der Waals surface area (Å²) in [5.74, 6) is -2.24. The molecule has 4 nitrogen and oxygen atoms in total. The van der Waals surface area contributed by atoms with Crippen LogP contribution >= 0.6 is 0 Å². The summed E-state index contributed by atoms with van der Waals surface area (Å²) in [4.78, 5) is 11.9. The summed E-state index contributed by atoms with van der Waals surface area (Å²) in [5.41, 5.74) is 1.73. The molecule has 0 aliphatic heterocycles. The highest BCUT2D eigenvalue weighted by Crippen LogP contribution is 2.20. The van der Waals surface area contributed by atoms with Crippen LogP contribution in [0, 0.1) is 25.5 Å². The van der Waals surface area contributed by atoms with Crippen LogP contribution in [0.5, 0.6) is 0 Å². The summed E-state index contributed by atoms with van der Waals surface area (Å²) in [5, 5.41) is 6.73. The SMILES string of the molecule is Cc1nn(C)c(C)c1NC(=O)c1ccc(F)cc1F. The number of benzene rings is 1. The average molecular weight is 265 g/mol. The Balaban J connectivity index is 2.31. The zero-order chi connectivity index (χ0) is 14.2. The van der Waals surface area contributed by atoms with Gasteiger partial charge in [0, 0.05) is 13.1 Å². The minimum absolute atomic E-state index is 0.205. The molecule has 2 aromatic rings. The summed E-state index contributed by atoms with van der Waals surface area (Å²) in [6, 6.07) is 2.83. The minimum Gasteiger partial charge on any atom is -0.319 e. The number of carbonyl (C=O) groups is 1. The molecule has 0 aliphatic carbocycles. The Labute approximate surface area is 109 Å². The maximum Gasteiger partial charge on any atom is 0.258 e. The van der Waals surface area contributed by atoms with Gasteiger partial charge in [-0.1, -0.05) is 0 Å². The van der Waals surface area contributed by atoms with Gasteiger partial charge in [-0.25, -0.2) is 8.78 Å². The fourth-order valence-corrected chi connectivity index (χ4v) is 1.81. The number of nitrogens with one attached hydrogen (secondary N) is 1. The fourth-order valence-electron chi connectivity index (χ4n) is 1.81. The summed E-state index contributed by atoms with van der Waals surface area (Å²) >= 11 is 0. The molecule has 0 saturated carbocycles. The van der Waals surface area contributed by atoms with E-state index in [1.54, 1.807) is 25.6 Å². The van der Waals surface area contributed by atoms with Crippen LogP contribution in [0.4, 0.5) is 14.5 Å². The smallest absolute Gasteiger partial charge is 0.258 e. The number of halogens is 2. The normalized spacial score (nSPS) is 10.6. The predicted octanol–water partition coefficient (Wildman–Crippen LogP) is 2.57. The number of aromatic nitrogens is 2. The zero-order valence-electron chi connectivity index (χ0n) is 10.8. The van der Waals surface area contributed by atoms with E-state index in [4.69, 9.17) is 0 Å². The molecule has 100 valence electrons. The quantitative estimate of drug-likeness (QED) is 0.907. The molecule has 1 aromatic carbocycles. The Hall–Kier alpha value is -2.24. The molecule has 0 bridgehead atoms. The van der Waals surface area contributed by atoms with Gasteiger partial charge in [0.15, 0.2) is 0 Å². The van der Waals surface area contributed by atoms with Crippen molar-refractivity contribution in [1.82, 2.24) is 9.78 Å². The molecule has 19 heavy (non-hydrogen) atoms. The molecular formula is C13H13F2N3O. The first-order valence-corrected chi connectivity index (χ1v) is 5.66. The second kappa shape index (κ2) is 4.79. The lowest BCUT2D eigenvalue weighted by Gasteiger charge is -2.06. The van der Waals surface area contributed by atoms with Crippen molar-refractivity contribution in [3.05, 3.63) is 46.8 Å². The zero-order valence-corrected chi connectivity index (χ0v) is 10.8. The molecule has 0 aliphatic rings. The number of aryl methyl sites for hydroxylation is 2. The first-order chi connectivity index (χ1) is 8.90. The number of hydrogen-bond acceptors (Lipinski definition) is 2. The van der Waals surface area contributed by atoms with Gasteiger partial charge in [0.2, 0.25) is 0 Å². The number of anilines is 1. The number of hydrogen-bond donors (Lipinski definition) is 1. The number of carbonyl (C=O) groups excluding carboxylic acids is 1. The van der Waals surface area contributed by atoms with Crippen molar-refractivity contribution in [3.8, 4) is 0 Å². The average Bonchev–Trinajstić information content (AvgIpc) is 2.56. The van der Waals surface area contributed by atoms with Crippen LogP contribution in [0.15, 0.2) is 18.2 Å². The summed E-state index contributed by atoms with van der Waals surface area (Å²) in [7, 11) is 1.75. The third-order valence-electron chi connectivity index (χ3n) is 2.92. The fraction of sp³-hybridized carbons (Fsp3) is 0.231. The Kier molecular flexibility index (Phi) is 3.33. The molecule has 2 rings (SSSR count). The molecule has 0 atom stereocenters. The van der Waals surface area contributed by atoms with Crippen molar-refractivity contribution in [2.24, 2.45) is 7.05 Å². The third kappa shape index (κ3) is 2.47. The molecule has 1 aromatic heterocycles. The summed E-state index contributed by atoms with van der Waals surface area (Å²) in [6.45, 7) is 3.53. The lowest BCUT2D eigenvalue weighted by atomic mass is 10.2. The largest absolute Gasteiger partial charge is 0.319 e. The van der Waals surface area contributed by atoms with Crippen molar-refractivity contribution in [2.45, 2.75) is 13.8 Å². The number of nitrogens with zero attached hydrogens (tertiary/aromatic N) is 2. The predicted molar refractivity (Wildman–Crippen MR) is 67.0 cm³/mol. The monoisotopic (exact) mass is 265 g/mol. The van der Waals surface area contributed by atoms with Gasteiger partial charge in [0.25, 0.3) is 5.91 Å². The van der Waals surface area contributed by atoms with Crippen LogP contribution in [-0.4, -0.2) is 15.7 Å². The topological polar surface area (TPSA) is 46.9 Å². The van der Waals surface area contributed by atoms with Crippen LogP contribution in [-0.2, 0) is 7.05 Å². The van der Waals surface area contributed by atoms with Gasteiger partial charge in [0.05, 0.1) is 22.6 Å². The van der Waals surface area contributed by atoms with E-state index >= 15 is 0 Å². The maximum atomic E-state index is 13.5. The Morgan fingerprint density at radius 1 is 1.32 bits per heavy atom. The number of amides is 1.